The highest BCUT2D eigenvalue weighted by Gasteiger charge is 2.32. The van der Waals surface area contributed by atoms with Gasteiger partial charge in [-0.1, -0.05) is 19.1 Å². The van der Waals surface area contributed by atoms with Gasteiger partial charge in [0.25, 0.3) is 5.91 Å². The van der Waals surface area contributed by atoms with E-state index in [1.807, 2.05) is 6.92 Å². The van der Waals surface area contributed by atoms with Gasteiger partial charge in [0.15, 0.2) is 0 Å². The molecule has 5 heteroatoms. The Bertz CT molecular complexity index is 464. The van der Waals surface area contributed by atoms with Crippen LogP contribution in [0.15, 0.2) is 24.3 Å². The van der Waals surface area contributed by atoms with E-state index in [0.29, 0.717) is 19.6 Å². The number of carbonyl (C=O) groups excluding carboxylic acids is 1. The van der Waals surface area contributed by atoms with Crippen LogP contribution in [0.3, 0.4) is 0 Å². The molecular weight excluding hydrogens is 271 g/mol. The molecule has 1 aliphatic rings. The fourth-order valence-corrected chi connectivity index (χ4v) is 2.61. The van der Waals surface area contributed by atoms with Gasteiger partial charge in [-0.15, -0.1) is 0 Å². The van der Waals surface area contributed by atoms with E-state index in [0.717, 1.165) is 24.8 Å². The minimum absolute atomic E-state index is 0.00625. The molecule has 21 heavy (non-hydrogen) atoms. The molecule has 1 aliphatic heterocycles. The minimum atomic E-state index is -0.384. The first-order valence-electron chi connectivity index (χ1n) is 7.52. The van der Waals surface area contributed by atoms with E-state index in [-0.39, 0.29) is 23.9 Å². The van der Waals surface area contributed by atoms with E-state index >= 15 is 0 Å². The van der Waals surface area contributed by atoms with Crippen LogP contribution in [0.1, 0.15) is 31.7 Å². The highest BCUT2D eigenvalue weighted by molar-refractivity contribution is 5.81. The van der Waals surface area contributed by atoms with E-state index in [4.69, 9.17) is 10.5 Å². The molecule has 116 valence electrons. The van der Waals surface area contributed by atoms with E-state index in [9.17, 15) is 9.18 Å². The van der Waals surface area contributed by atoms with Gasteiger partial charge in [-0.3, -0.25) is 4.79 Å². The molecule has 4 nitrogen and oxygen atoms in total. The van der Waals surface area contributed by atoms with Gasteiger partial charge in [-0.25, -0.2) is 4.39 Å². The Morgan fingerprint density at radius 1 is 1.38 bits per heavy atom. The van der Waals surface area contributed by atoms with Crippen molar-refractivity contribution in [2.45, 2.75) is 44.9 Å². The summed E-state index contributed by atoms with van der Waals surface area (Å²) in [5.74, 6) is -0.255. The van der Waals surface area contributed by atoms with Crippen molar-refractivity contribution in [2.75, 3.05) is 13.1 Å². The number of ether oxygens (including phenoxy) is 1. The molecule has 1 heterocycles. The van der Waals surface area contributed by atoms with Gasteiger partial charge in [0.1, 0.15) is 11.9 Å². The quantitative estimate of drug-likeness (QED) is 0.874. The highest BCUT2D eigenvalue weighted by atomic mass is 19.1. The van der Waals surface area contributed by atoms with Crippen LogP contribution in [-0.4, -0.2) is 36.1 Å². The second-order valence-electron chi connectivity index (χ2n) is 5.45. The maximum Gasteiger partial charge on any atom is 0.252 e. The fraction of sp³-hybridized carbons (Fsp3) is 0.562. The van der Waals surface area contributed by atoms with E-state index in [2.05, 4.69) is 0 Å². The number of halogens is 1. The lowest BCUT2D eigenvalue weighted by atomic mass is 10.1. The lowest BCUT2D eigenvalue weighted by molar-refractivity contribution is -0.143. The Labute approximate surface area is 125 Å². The Hall–Kier alpha value is -1.46. The maximum absolute atomic E-state index is 12.9. The second-order valence-corrected chi connectivity index (χ2v) is 5.45. The van der Waals surface area contributed by atoms with Crippen LogP contribution >= 0.6 is 0 Å². The molecule has 2 rings (SSSR count). The zero-order chi connectivity index (χ0) is 15.2. The van der Waals surface area contributed by atoms with Gasteiger partial charge in [0.2, 0.25) is 0 Å². The molecule has 1 fully saturated rings. The van der Waals surface area contributed by atoms with Gasteiger partial charge in [-0.2, -0.15) is 0 Å². The summed E-state index contributed by atoms with van der Waals surface area (Å²) in [6.07, 6.45) is 2.05. The van der Waals surface area contributed by atoms with Crippen LogP contribution in [0, 0.1) is 5.82 Å². The van der Waals surface area contributed by atoms with Crippen molar-refractivity contribution in [3.63, 3.8) is 0 Å². The SMILES string of the molecule is CCCN(Cc1ccc(F)cc1)C(=O)[C@@H]1CC[C@H](CN)O1. The van der Waals surface area contributed by atoms with Crippen LogP contribution in [0.5, 0.6) is 0 Å². The molecule has 0 aromatic heterocycles. The monoisotopic (exact) mass is 294 g/mol. The molecule has 1 aromatic rings. The molecule has 1 aromatic carbocycles. The van der Waals surface area contributed by atoms with Crippen LogP contribution in [0.4, 0.5) is 4.39 Å². The standard InChI is InChI=1S/C16H23FN2O2/c1-2-9-19(11-12-3-5-13(17)6-4-12)16(20)15-8-7-14(10-18)21-15/h3-6,14-15H,2,7-11,18H2,1H3/t14-,15+/m1/s1. The number of hydrogen-bond donors (Lipinski definition) is 1. The molecular formula is C16H23FN2O2. The third-order valence-corrected chi connectivity index (χ3v) is 3.74. The summed E-state index contributed by atoms with van der Waals surface area (Å²) in [5.41, 5.74) is 6.51. The molecule has 2 atom stereocenters. The zero-order valence-electron chi connectivity index (χ0n) is 12.4. The zero-order valence-corrected chi connectivity index (χ0v) is 12.4. The Balaban J connectivity index is 2.00. The third-order valence-electron chi connectivity index (χ3n) is 3.74. The summed E-state index contributed by atoms with van der Waals surface area (Å²) < 4.78 is 18.6. The van der Waals surface area contributed by atoms with Crippen molar-refractivity contribution >= 4 is 5.91 Å². The van der Waals surface area contributed by atoms with E-state index in [1.54, 1.807) is 17.0 Å². The third kappa shape index (κ3) is 4.25. The predicted molar refractivity (Wildman–Crippen MR) is 79.1 cm³/mol. The largest absolute Gasteiger partial charge is 0.364 e. The summed E-state index contributed by atoms with van der Waals surface area (Å²) >= 11 is 0. The van der Waals surface area contributed by atoms with Crippen molar-refractivity contribution in [3.8, 4) is 0 Å². The normalized spacial score (nSPS) is 21.5. The predicted octanol–water partition coefficient (Wildman–Crippen LogP) is 2.07. The van der Waals surface area contributed by atoms with Gasteiger partial charge in [0, 0.05) is 19.6 Å². The molecule has 1 saturated heterocycles. The van der Waals surface area contributed by atoms with Gasteiger partial charge in [-0.05, 0) is 37.0 Å². The van der Waals surface area contributed by atoms with Crippen LogP contribution in [0.25, 0.3) is 0 Å². The molecule has 0 aliphatic carbocycles. The number of amides is 1. The molecule has 0 saturated carbocycles. The Kier molecular flexibility index (Phi) is 5.70. The van der Waals surface area contributed by atoms with Crippen molar-refractivity contribution in [3.05, 3.63) is 35.6 Å². The topological polar surface area (TPSA) is 55.6 Å². The summed E-state index contributed by atoms with van der Waals surface area (Å²) in [5, 5.41) is 0. The smallest absolute Gasteiger partial charge is 0.252 e. The summed E-state index contributed by atoms with van der Waals surface area (Å²) in [6.45, 7) is 3.64. The average molecular weight is 294 g/mol. The first kappa shape index (κ1) is 15.9. The lowest BCUT2D eigenvalue weighted by Crippen LogP contribution is -2.39. The number of benzene rings is 1. The first-order chi connectivity index (χ1) is 10.1. The molecule has 2 N–H and O–H groups in total. The van der Waals surface area contributed by atoms with Crippen molar-refractivity contribution in [1.82, 2.24) is 4.90 Å². The molecule has 1 amide bonds. The highest BCUT2D eigenvalue weighted by Crippen LogP contribution is 2.21. The van der Waals surface area contributed by atoms with E-state index < -0.39 is 0 Å². The van der Waals surface area contributed by atoms with Gasteiger partial charge >= 0.3 is 0 Å². The van der Waals surface area contributed by atoms with Gasteiger partial charge in [0.05, 0.1) is 6.10 Å². The number of nitrogens with zero attached hydrogens (tertiary/aromatic N) is 1. The number of hydrogen-bond acceptors (Lipinski definition) is 3. The average Bonchev–Trinajstić information content (AvgIpc) is 2.97. The Morgan fingerprint density at radius 2 is 2.10 bits per heavy atom. The molecule has 0 unspecified atom stereocenters. The number of rotatable bonds is 6. The second kappa shape index (κ2) is 7.52. The maximum atomic E-state index is 12.9. The Morgan fingerprint density at radius 3 is 2.67 bits per heavy atom. The number of carbonyl (C=O) groups is 1. The van der Waals surface area contributed by atoms with Crippen molar-refractivity contribution < 1.29 is 13.9 Å². The number of nitrogens with two attached hydrogens (primary N) is 1. The molecule has 0 radical (unpaired) electrons. The molecule has 0 spiro atoms. The van der Waals surface area contributed by atoms with Crippen LogP contribution < -0.4 is 5.73 Å². The summed E-state index contributed by atoms with van der Waals surface area (Å²) in [6, 6.07) is 6.26. The first-order valence-corrected chi connectivity index (χ1v) is 7.52. The van der Waals surface area contributed by atoms with Crippen LogP contribution in [-0.2, 0) is 16.1 Å². The minimum Gasteiger partial charge on any atom is -0.364 e. The lowest BCUT2D eigenvalue weighted by Gasteiger charge is -2.25. The summed E-state index contributed by atoms with van der Waals surface area (Å²) in [7, 11) is 0. The van der Waals surface area contributed by atoms with Crippen molar-refractivity contribution in [2.24, 2.45) is 5.73 Å². The molecule has 0 bridgehead atoms. The summed E-state index contributed by atoms with van der Waals surface area (Å²) in [4.78, 5) is 14.3. The fourth-order valence-electron chi connectivity index (χ4n) is 2.61. The van der Waals surface area contributed by atoms with Crippen molar-refractivity contribution in [1.29, 1.82) is 0 Å². The van der Waals surface area contributed by atoms with E-state index in [1.165, 1.54) is 12.1 Å². The van der Waals surface area contributed by atoms with Gasteiger partial charge < -0.3 is 15.4 Å². The van der Waals surface area contributed by atoms with Crippen LogP contribution in [0.2, 0.25) is 0 Å².